The highest BCUT2D eigenvalue weighted by Crippen LogP contribution is 2.44. The van der Waals surface area contributed by atoms with Crippen LogP contribution in [0.4, 0.5) is 0 Å². The number of halogens is 1. The zero-order valence-electron chi connectivity index (χ0n) is 14.1. The maximum absolute atomic E-state index is 13.0. The lowest BCUT2D eigenvalue weighted by Gasteiger charge is -2.29. The molecule has 0 unspecified atom stereocenters. The number of ketones is 2. The molecule has 7 heteroatoms. The molecule has 0 radical (unpaired) electrons. The molecule has 1 aromatic carbocycles. The van der Waals surface area contributed by atoms with Crippen molar-refractivity contribution in [1.29, 1.82) is 0 Å². The molecule has 0 saturated heterocycles. The molecule has 2 aromatic rings. The van der Waals surface area contributed by atoms with Crippen LogP contribution in [-0.2, 0) is 16.3 Å². The van der Waals surface area contributed by atoms with Crippen LogP contribution in [0.1, 0.15) is 51.4 Å². The number of hydrogen-bond acceptors (Lipinski definition) is 5. The Morgan fingerprint density at radius 2 is 1.84 bits per heavy atom. The molecular formula is C18H17ClO4S2. The maximum Gasteiger partial charge on any atom is 0.204 e. The normalized spacial score (nSPS) is 16.6. The number of benzene rings is 1. The molecule has 1 aromatic heterocycles. The number of thiophene rings is 1. The Hall–Kier alpha value is -1.50. The van der Waals surface area contributed by atoms with Crippen molar-refractivity contribution in [2.24, 2.45) is 5.41 Å². The van der Waals surface area contributed by atoms with Gasteiger partial charge in [0.1, 0.15) is 4.21 Å². The molecule has 0 spiro atoms. The predicted octanol–water partition coefficient (Wildman–Crippen LogP) is 4.19. The molecule has 3 rings (SSSR count). The van der Waals surface area contributed by atoms with Gasteiger partial charge in [-0.05, 0) is 29.5 Å². The van der Waals surface area contributed by atoms with Gasteiger partial charge in [-0.25, -0.2) is 8.42 Å². The summed E-state index contributed by atoms with van der Waals surface area (Å²) in [6.45, 7) is 3.88. The van der Waals surface area contributed by atoms with Gasteiger partial charge in [-0.1, -0.05) is 37.6 Å². The van der Waals surface area contributed by atoms with Crippen LogP contribution in [0.2, 0.25) is 5.02 Å². The van der Waals surface area contributed by atoms with Crippen molar-refractivity contribution in [3.8, 4) is 0 Å². The Morgan fingerprint density at radius 1 is 1.20 bits per heavy atom. The van der Waals surface area contributed by atoms with Crippen molar-refractivity contribution < 1.29 is 18.0 Å². The summed E-state index contributed by atoms with van der Waals surface area (Å²) < 4.78 is 24.3. The van der Waals surface area contributed by atoms with Gasteiger partial charge in [-0.15, -0.1) is 11.3 Å². The van der Waals surface area contributed by atoms with E-state index in [4.69, 9.17) is 11.6 Å². The summed E-state index contributed by atoms with van der Waals surface area (Å²) in [5, 5.41) is 0.303. The first-order chi connectivity index (χ1) is 11.5. The molecule has 0 fully saturated rings. The fraction of sp³-hybridized carbons (Fsp3) is 0.333. The van der Waals surface area contributed by atoms with Crippen LogP contribution in [0.25, 0.3) is 0 Å². The van der Waals surface area contributed by atoms with Gasteiger partial charge in [0.2, 0.25) is 5.78 Å². The molecule has 0 N–H and O–H groups in total. The summed E-state index contributed by atoms with van der Waals surface area (Å²) in [7, 11) is -3.61. The largest absolute Gasteiger partial charge is 0.294 e. The summed E-state index contributed by atoms with van der Waals surface area (Å²) >= 11 is 7.01. The Balaban J connectivity index is 2.27. The fourth-order valence-electron chi connectivity index (χ4n) is 3.17. The van der Waals surface area contributed by atoms with Crippen LogP contribution >= 0.6 is 22.9 Å². The van der Waals surface area contributed by atoms with E-state index >= 15 is 0 Å². The van der Waals surface area contributed by atoms with E-state index in [0.29, 0.717) is 27.4 Å². The SMILES string of the molecule is CC1(C)CC(=O)c2c(S(C)(=O)=O)sc(C(=O)c3ccccc3Cl)c2C1. The van der Waals surface area contributed by atoms with Gasteiger partial charge < -0.3 is 0 Å². The monoisotopic (exact) mass is 396 g/mol. The lowest BCUT2D eigenvalue weighted by Crippen LogP contribution is -2.28. The number of fused-ring (bicyclic) bond motifs is 1. The summed E-state index contributed by atoms with van der Waals surface area (Å²) in [5.41, 5.74) is 0.720. The number of sulfone groups is 1. The van der Waals surface area contributed by atoms with E-state index < -0.39 is 9.84 Å². The molecule has 0 atom stereocenters. The van der Waals surface area contributed by atoms with E-state index in [2.05, 4.69) is 0 Å². The van der Waals surface area contributed by atoms with Crippen LogP contribution in [0.3, 0.4) is 0 Å². The fourth-order valence-corrected chi connectivity index (χ4v) is 5.88. The van der Waals surface area contributed by atoms with Crippen molar-refractivity contribution >= 4 is 44.3 Å². The number of carbonyl (C=O) groups is 2. The number of rotatable bonds is 3. The molecule has 1 aliphatic rings. The molecule has 132 valence electrons. The summed E-state index contributed by atoms with van der Waals surface area (Å²) in [5.74, 6) is -0.562. The third kappa shape index (κ3) is 3.30. The van der Waals surface area contributed by atoms with Crippen molar-refractivity contribution in [1.82, 2.24) is 0 Å². The minimum absolute atomic E-state index is 0.0154. The topological polar surface area (TPSA) is 68.3 Å². The average molecular weight is 397 g/mol. The summed E-state index contributed by atoms with van der Waals surface area (Å²) in [4.78, 5) is 25.9. The number of Topliss-reactive ketones (excluding diaryl/α,β-unsaturated/α-hetero) is 1. The molecular weight excluding hydrogens is 380 g/mol. The van der Waals surface area contributed by atoms with Crippen LogP contribution in [-0.4, -0.2) is 26.2 Å². The lowest BCUT2D eigenvalue weighted by atomic mass is 9.74. The first-order valence-corrected chi connectivity index (χ1v) is 10.8. The predicted molar refractivity (Wildman–Crippen MR) is 98.7 cm³/mol. The first kappa shape index (κ1) is 18.3. The highest BCUT2D eigenvalue weighted by atomic mass is 35.5. The molecule has 0 aliphatic heterocycles. The molecule has 25 heavy (non-hydrogen) atoms. The smallest absolute Gasteiger partial charge is 0.204 e. The average Bonchev–Trinajstić information content (AvgIpc) is 2.85. The van der Waals surface area contributed by atoms with E-state index in [-0.39, 0.29) is 33.2 Å². The summed E-state index contributed by atoms with van der Waals surface area (Å²) in [6, 6.07) is 6.64. The zero-order valence-corrected chi connectivity index (χ0v) is 16.4. The molecule has 1 aliphatic carbocycles. The Bertz CT molecular complexity index is 1000. The zero-order chi connectivity index (χ0) is 18.6. The van der Waals surface area contributed by atoms with E-state index in [1.165, 1.54) is 0 Å². The molecule has 0 saturated carbocycles. The van der Waals surface area contributed by atoms with Crippen LogP contribution in [0, 0.1) is 5.41 Å². The van der Waals surface area contributed by atoms with Gasteiger partial charge in [0.15, 0.2) is 15.6 Å². The number of carbonyl (C=O) groups excluding carboxylic acids is 2. The Morgan fingerprint density at radius 3 is 2.44 bits per heavy atom. The minimum Gasteiger partial charge on any atom is -0.294 e. The quantitative estimate of drug-likeness (QED) is 0.729. The van der Waals surface area contributed by atoms with Crippen LogP contribution in [0.5, 0.6) is 0 Å². The van der Waals surface area contributed by atoms with E-state index in [1.807, 2.05) is 13.8 Å². The van der Waals surface area contributed by atoms with Gasteiger partial charge >= 0.3 is 0 Å². The van der Waals surface area contributed by atoms with Crippen molar-refractivity contribution in [3.05, 3.63) is 50.9 Å². The first-order valence-electron chi connectivity index (χ1n) is 7.69. The highest BCUT2D eigenvalue weighted by molar-refractivity contribution is 7.92. The van der Waals surface area contributed by atoms with E-state index in [1.54, 1.807) is 24.3 Å². The van der Waals surface area contributed by atoms with Crippen LogP contribution in [0.15, 0.2) is 28.5 Å². The van der Waals surface area contributed by atoms with Crippen molar-refractivity contribution in [2.45, 2.75) is 30.9 Å². The number of hydrogen-bond donors (Lipinski definition) is 0. The van der Waals surface area contributed by atoms with Gasteiger partial charge in [-0.3, -0.25) is 9.59 Å². The van der Waals surface area contributed by atoms with Gasteiger partial charge in [0, 0.05) is 18.2 Å². The van der Waals surface area contributed by atoms with Gasteiger partial charge in [0.25, 0.3) is 0 Å². The minimum atomic E-state index is -3.61. The van der Waals surface area contributed by atoms with E-state index in [0.717, 1.165) is 17.6 Å². The van der Waals surface area contributed by atoms with E-state index in [9.17, 15) is 18.0 Å². The molecule has 4 nitrogen and oxygen atoms in total. The maximum atomic E-state index is 13.0. The Labute approximate surface area is 155 Å². The Kier molecular flexibility index (Phi) is 4.42. The second kappa shape index (κ2) is 6.04. The third-order valence-electron chi connectivity index (χ3n) is 4.21. The molecule has 1 heterocycles. The second-order valence-electron chi connectivity index (χ2n) is 7.09. The standard InChI is InChI=1S/C18H17ClO4S2/c1-18(2)8-11-14(13(20)9-18)17(25(3,22)23)24-16(11)15(21)10-6-4-5-7-12(10)19/h4-7H,8-9H2,1-3H3. The van der Waals surface area contributed by atoms with Gasteiger partial charge in [-0.2, -0.15) is 0 Å². The highest BCUT2D eigenvalue weighted by Gasteiger charge is 2.39. The summed E-state index contributed by atoms with van der Waals surface area (Å²) in [6.07, 6.45) is 1.81. The van der Waals surface area contributed by atoms with Gasteiger partial charge in [0.05, 0.1) is 15.5 Å². The van der Waals surface area contributed by atoms with Crippen molar-refractivity contribution in [3.63, 3.8) is 0 Å². The van der Waals surface area contributed by atoms with Crippen LogP contribution < -0.4 is 0 Å². The molecule has 0 bridgehead atoms. The van der Waals surface area contributed by atoms with Crippen molar-refractivity contribution in [2.75, 3.05) is 6.26 Å². The molecule has 0 amide bonds. The second-order valence-corrected chi connectivity index (χ2v) is 10.7. The lowest BCUT2D eigenvalue weighted by molar-refractivity contribution is 0.0909. The third-order valence-corrected chi connectivity index (χ3v) is 7.60.